The normalized spacial score (nSPS) is 19.9. The van der Waals surface area contributed by atoms with Crippen molar-refractivity contribution in [3.05, 3.63) is 51.1 Å². The minimum absolute atomic E-state index is 0.0776. The SMILES string of the molecule is CC[C@H]1CN(C(C)c2ccc3nc(C)sc3n2)[C@H](CC)CN1c1cc(=O)n(C)n2cc(/C=N/OC)nc12. The lowest BCUT2D eigenvalue weighted by Gasteiger charge is -2.49. The molecule has 1 saturated heterocycles. The number of aromatic nitrogens is 5. The van der Waals surface area contributed by atoms with E-state index in [0.717, 1.165) is 58.3 Å². The number of thiazole rings is 1. The molecule has 37 heavy (non-hydrogen) atoms. The molecule has 0 radical (unpaired) electrons. The standard InChI is InChI=1S/C26H34N8O2S/c1-7-19-15-33(23-11-24(35)31(5)34-13-18(12-27-36-6)29-25(23)34)20(8-2)14-32(19)16(3)21-9-10-22-26(30-21)37-17(4)28-22/h9-13,16,19-20H,7-8,14-15H2,1-6H3/b27-12+/t16?,19-,20+/m1/s1. The minimum Gasteiger partial charge on any atom is -0.399 e. The van der Waals surface area contributed by atoms with Crippen LogP contribution in [0.3, 0.4) is 0 Å². The van der Waals surface area contributed by atoms with Crippen LogP contribution in [0.2, 0.25) is 0 Å². The fourth-order valence-electron chi connectivity index (χ4n) is 5.35. The van der Waals surface area contributed by atoms with Crippen LogP contribution in [0.25, 0.3) is 16.0 Å². The lowest BCUT2D eigenvalue weighted by molar-refractivity contribution is 0.0993. The van der Waals surface area contributed by atoms with Gasteiger partial charge in [-0.1, -0.05) is 30.3 Å². The average molecular weight is 523 g/mol. The van der Waals surface area contributed by atoms with E-state index in [9.17, 15) is 4.79 Å². The zero-order valence-electron chi connectivity index (χ0n) is 22.2. The molecule has 0 amide bonds. The number of hydrogen-bond donors (Lipinski definition) is 0. The van der Waals surface area contributed by atoms with Crippen LogP contribution in [0.1, 0.15) is 56.1 Å². The molecule has 1 unspecified atom stereocenters. The van der Waals surface area contributed by atoms with Crippen LogP contribution in [-0.4, -0.2) is 67.5 Å². The van der Waals surface area contributed by atoms with Crippen molar-refractivity contribution in [2.24, 2.45) is 12.2 Å². The van der Waals surface area contributed by atoms with Crippen molar-refractivity contribution in [2.45, 2.75) is 58.7 Å². The fraction of sp³-hybridized carbons (Fsp3) is 0.500. The van der Waals surface area contributed by atoms with Crippen molar-refractivity contribution in [3.63, 3.8) is 0 Å². The second-order valence-electron chi connectivity index (χ2n) is 9.59. The number of rotatable bonds is 7. The molecule has 0 aromatic carbocycles. The Morgan fingerprint density at radius 3 is 2.70 bits per heavy atom. The Balaban J connectivity index is 1.50. The van der Waals surface area contributed by atoms with Crippen LogP contribution in [0.4, 0.5) is 5.69 Å². The monoisotopic (exact) mass is 522 g/mol. The number of oxime groups is 1. The summed E-state index contributed by atoms with van der Waals surface area (Å²) in [6.07, 6.45) is 5.30. The van der Waals surface area contributed by atoms with E-state index < -0.39 is 0 Å². The van der Waals surface area contributed by atoms with Crippen molar-refractivity contribution < 1.29 is 4.84 Å². The summed E-state index contributed by atoms with van der Waals surface area (Å²) in [5.74, 6) is 0. The molecular formula is C26H34N8O2S. The van der Waals surface area contributed by atoms with E-state index in [-0.39, 0.29) is 17.6 Å². The summed E-state index contributed by atoms with van der Waals surface area (Å²) in [6, 6.07) is 6.61. The first-order valence-electron chi connectivity index (χ1n) is 12.8. The van der Waals surface area contributed by atoms with Crippen LogP contribution < -0.4 is 10.5 Å². The molecule has 3 atom stereocenters. The fourth-order valence-corrected chi connectivity index (χ4v) is 6.14. The summed E-state index contributed by atoms with van der Waals surface area (Å²) < 4.78 is 3.36. The van der Waals surface area contributed by atoms with E-state index in [1.807, 2.05) is 13.1 Å². The first kappa shape index (κ1) is 25.3. The summed E-state index contributed by atoms with van der Waals surface area (Å²) in [5, 5.41) is 4.89. The van der Waals surface area contributed by atoms with Gasteiger partial charge in [-0.2, -0.15) is 0 Å². The van der Waals surface area contributed by atoms with Gasteiger partial charge in [-0.05, 0) is 38.8 Å². The van der Waals surface area contributed by atoms with Gasteiger partial charge in [-0.15, -0.1) is 0 Å². The van der Waals surface area contributed by atoms with E-state index in [4.69, 9.17) is 14.8 Å². The number of piperazine rings is 1. The Morgan fingerprint density at radius 2 is 1.97 bits per heavy atom. The number of hydrogen-bond acceptors (Lipinski definition) is 9. The third-order valence-electron chi connectivity index (χ3n) is 7.43. The van der Waals surface area contributed by atoms with Gasteiger partial charge in [0.15, 0.2) is 5.65 Å². The Bertz CT molecular complexity index is 1510. The molecule has 1 fully saturated rings. The van der Waals surface area contributed by atoms with Crippen LogP contribution in [0.5, 0.6) is 0 Å². The van der Waals surface area contributed by atoms with Gasteiger partial charge in [0.2, 0.25) is 0 Å². The second kappa shape index (κ2) is 10.2. The molecule has 196 valence electrons. The van der Waals surface area contributed by atoms with Gasteiger partial charge in [0.05, 0.1) is 28.8 Å². The summed E-state index contributed by atoms with van der Waals surface area (Å²) >= 11 is 1.64. The lowest BCUT2D eigenvalue weighted by Crippen LogP contribution is -2.59. The lowest BCUT2D eigenvalue weighted by atomic mass is 9.98. The molecule has 5 heterocycles. The zero-order valence-corrected chi connectivity index (χ0v) is 23.1. The highest BCUT2D eigenvalue weighted by Gasteiger charge is 2.36. The van der Waals surface area contributed by atoms with E-state index in [2.05, 4.69) is 52.8 Å². The number of pyridine rings is 1. The highest BCUT2D eigenvalue weighted by molar-refractivity contribution is 7.18. The summed E-state index contributed by atoms with van der Waals surface area (Å²) in [7, 11) is 3.24. The molecule has 0 saturated carbocycles. The van der Waals surface area contributed by atoms with Gasteiger partial charge in [0.1, 0.15) is 23.2 Å². The van der Waals surface area contributed by atoms with Crippen LogP contribution in [0.15, 0.2) is 34.3 Å². The first-order valence-corrected chi connectivity index (χ1v) is 13.6. The molecule has 0 bridgehead atoms. The third-order valence-corrected chi connectivity index (χ3v) is 8.31. The van der Waals surface area contributed by atoms with Gasteiger partial charge in [-0.3, -0.25) is 9.69 Å². The molecular weight excluding hydrogens is 488 g/mol. The number of aryl methyl sites for hydroxylation is 2. The number of nitrogens with zero attached hydrogens (tertiary/aromatic N) is 8. The van der Waals surface area contributed by atoms with Crippen molar-refractivity contribution >= 4 is 39.2 Å². The van der Waals surface area contributed by atoms with E-state index in [1.54, 1.807) is 39.9 Å². The predicted molar refractivity (Wildman–Crippen MR) is 148 cm³/mol. The molecule has 0 aliphatic carbocycles. The summed E-state index contributed by atoms with van der Waals surface area (Å²) in [4.78, 5) is 38.0. The number of anilines is 1. The highest BCUT2D eigenvalue weighted by atomic mass is 32.1. The molecule has 4 aromatic rings. The van der Waals surface area contributed by atoms with Crippen molar-refractivity contribution in [1.82, 2.24) is 29.0 Å². The maximum atomic E-state index is 12.9. The van der Waals surface area contributed by atoms with Crippen molar-refractivity contribution in [3.8, 4) is 0 Å². The van der Waals surface area contributed by atoms with E-state index in [0.29, 0.717) is 11.7 Å². The average Bonchev–Trinajstić information content (AvgIpc) is 3.50. The Morgan fingerprint density at radius 1 is 1.19 bits per heavy atom. The van der Waals surface area contributed by atoms with E-state index in [1.165, 1.54) is 7.11 Å². The Hall–Kier alpha value is -3.31. The quantitative estimate of drug-likeness (QED) is 0.269. The van der Waals surface area contributed by atoms with Gasteiger partial charge in [0.25, 0.3) is 5.56 Å². The zero-order chi connectivity index (χ0) is 26.3. The highest BCUT2D eigenvalue weighted by Crippen LogP contribution is 2.33. The molecule has 0 spiro atoms. The molecule has 5 rings (SSSR count). The number of imidazole rings is 1. The smallest absolute Gasteiger partial charge is 0.267 e. The number of fused-ring (bicyclic) bond motifs is 2. The summed E-state index contributed by atoms with van der Waals surface area (Å²) in [5.41, 5.74) is 4.19. The third kappa shape index (κ3) is 4.61. The largest absolute Gasteiger partial charge is 0.399 e. The molecule has 1 aliphatic rings. The maximum absolute atomic E-state index is 12.9. The Labute approximate surface area is 220 Å². The topological polar surface area (TPSA) is 93.2 Å². The molecule has 11 heteroatoms. The van der Waals surface area contributed by atoms with Crippen LogP contribution >= 0.6 is 11.3 Å². The van der Waals surface area contributed by atoms with Gasteiger partial charge >= 0.3 is 0 Å². The molecule has 1 aliphatic heterocycles. The van der Waals surface area contributed by atoms with Gasteiger partial charge < -0.3 is 9.74 Å². The van der Waals surface area contributed by atoms with E-state index >= 15 is 0 Å². The molecule has 10 nitrogen and oxygen atoms in total. The van der Waals surface area contributed by atoms with Gasteiger partial charge in [0, 0.05) is 44.3 Å². The Kier molecular flexibility index (Phi) is 7.00. The van der Waals surface area contributed by atoms with Crippen LogP contribution in [-0.2, 0) is 11.9 Å². The molecule has 0 N–H and O–H groups in total. The van der Waals surface area contributed by atoms with Crippen molar-refractivity contribution in [1.29, 1.82) is 0 Å². The molecule has 4 aromatic heterocycles. The maximum Gasteiger partial charge on any atom is 0.267 e. The van der Waals surface area contributed by atoms with Gasteiger partial charge in [-0.25, -0.2) is 24.1 Å². The summed E-state index contributed by atoms with van der Waals surface area (Å²) in [6.45, 7) is 10.4. The van der Waals surface area contributed by atoms with Crippen LogP contribution in [0, 0.1) is 6.92 Å². The first-order chi connectivity index (χ1) is 17.8. The minimum atomic E-state index is -0.0776. The second-order valence-corrected chi connectivity index (χ2v) is 10.8. The van der Waals surface area contributed by atoms with Crippen molar-refractivity contribution in [2.75, 3.05) is 25.1 Å². The predicted octanol–water partition coefficient (Wildman–Crippen LogP) is 3.77.